The molecule has 0 fully saturated rings. The molecular weight excluding hydrogens is 382 g/mol. The molecule has 3 aromatic rings. The van der Waals surface area contributed by atoms with E-state index in [9.17, 15) is 14.4 Å². The second-order valence-corrected chi connectivity index (χ2v) is 7.34. The number of ether oxygens (including phenoxy) is 1. The average molecular weight is 405 g/mol. The second kappa shape index (κ2) is 8.37. The van der Waals surface area contributed by atoms with Gasteiger partial charge in [0.15, 0.2) is 6.10 Å². The van der Waals surface area contributed by atoms with Crippen LogP contribution in [0.1, 0.15) is 51.8 Å². The van der Waals surface area contributed by atoms with Crippen LogP contribution < -0.4 is 5.56 Å². The minimum absolute atomic E-state index is 0.0308. The van der Waals surface area contributed by atoms with Gasteiger partial charge in [0.05, 0.1) is 0 Å². The third-order valence-corrected chi connectivity index (χ3v) is 5.32. The highest BCUT2D eigenvalue weighted by Gasteiger charge is 2.24. The van der Waals surface area contributed by atoms with E-state index >= 15 is 0 Å². The number of nitrogens with one attached hydrogen (secondary N) is 2. The topological polar surface area (TPSA) is 116 Å². The number of fused-ring (bicyclic) bond motifs is 1. The van der Waals surface area contributed by atoms with Crippen LogP contribution in [0.15, 0.2) is 29.1 Å². The highest BCUT2D eigenvalue weighted by molar-refractivity contribution is 6.11. The summed E-state index contributed by atoms with van der Waals surface area (Å²) in [6.07, 6.45) is -0.597. The fourth-order valence-electron chi connectivity index (χ4n) is 3.75. The lowest BCUT2D eigenvalue weighted by atomic mass is 9.99. The molecule has 2 aromatic heterocycles. The Bertz CT molecular complexity index is 1240. The van der Waals surface area contributed by atoms with Gasteiger partial charge in [0.1, 0.15) is 11.6 Å². The second-order valence-electron chi connectivity index (χ2n) is 7.34. The van der Waals surface area contributed by atoms with Crippen LogP contribution >= 0.6 is 0 Å². The maximum atomic E-state index is 12.9. The number of carbonyl (C=O) groups is 2. The number of para-hydroxylation sites is 1. The SMILES string of the molecule is Cc1[nH]c(=O)c(C#N)c(C)c1CCC(=O)O[C@@H](C)C(=O)c1c(C)[nH]c2ccccc12. The van der Waals surface area contributed by atoms with Crippen molar-refractivity contribution in [1.82, 2.24) is 9.97 Å². The highest BCUT2D eigenvalue weighted by Crippen LogP contribution is 2.24. The first-order valence-electron chi connectivity index (χ1n) is 9.68. The number of carbonyl (C=O) groups excluding carboxylic acids is 2. The molecule has 0 amide bonds. The van der Waals surface area contributed by atoms with E-state index in [1.54, 1.807) is 20.8 Å². The minimum atomic E-state index is -0.928. The molecule has 1 atom stereocenters. The van der Waals surface area contributed by atoms with Crippen molar-refractivity contribution in [3.05, 3.63) is 68.3 Å². The van der Waals surface area contributed by atoms with E-state index in [0.717, 1.165) is 22.2 Å². The van der Waals surface area contributed by atoms with Crippen LogP contribution in [0.25, 0.3) is 10.9 Å². The van der Waals surface area contributed by atoms with Gasteiger partial charge in [0, 0.05) is 34.3 Å². The molecule has 3 rings (SSSR count). The van der Waals surface area contributed by atoms with Crippen molar-refractivity contribution in [3.8, 4) is 6.07 Å². The Morgan fingerprint density at radius 2 is 1.83 bits per heavy atom. The van der Waals surface area contributed by atoms with Gasteiger partial charge in [0.2, 0.25) is 5.78 Å². The molecule has 0 spiro atoms. The summed E-state index contributed by atoms with van der Waals surface area (Å²) in [4.78, 5) is 42.9. The molecule has 0 aliphatic rings. The van der Waals surface area contributed by atoms with Gasteiger partial charge in [0.25, 0.3) is 5.56 Å². The maximum absolute atomic E-state index is 12.9. The van der Waals surface area contributed by atoms with Crippen molar-refractivity contribution in [3.63, 3.8) is 0 Å². The first kappa shape index (κ1) is 21.1. The van der Waals surface area contributed by atoms with Crippen LogP contribution in [-0.4, -0.2) is 27.8 Å². The van der Waals surface area contributed by atoms with Gasteiger partial charge in [-0.05, 0) is 51.3 Å². The molecular formula is C23H23N3O4. The Kier molecular flexibility index (Phi) is 5.88. The van der Waals surface area contributed by atoms with Crippen molar-refractivity contribution >= 4 is 22.7 Å². The molecule has 0 saturated heterocycles. The van der Waals surface area contributed by atoms with Gasteiger partial charge in [-0.3, -0.25) is 14.4 Å². The van der Waals surface area contributed by atoms with Gasteiger partial charge in [-0.25, -0.2) is 0 Å². The lowest BCUT2D eigenvalue weighted by molar-refractivity contribution is -0.146. The van der Waals surface area contributed by atoms with Crippen LogP contribution in [0.2, 0.25) is 0 Å². The molecule has 7 nitrogen and oxygen atoms in total. The minimum Gasteiger partial charge on any atom is -0.454 e. The summed E-state index contributed by atoms with van der Waals surface area (Å²) in [5, 5.41) is 9.96. The summed E-state index contributed by atoms with van der Waals surface area (Å²) >= 11 is 0. The highest BCUT2D eigenvalue weighted by atomic mass is 16.5. The lowest BCUT2D eigenvalue weighted by Gasteiger charge is -2.14. The summed E-state index contributed by atoms with van der Waals surface area (Å²) in [7, 11) is 0. The van der Waals surface area contributed by atoms with E-state index in [0.29, 0.717) is 23.2 Å². The molecule has 0 radical (unpaired) electrons. The van der Waals surface area contributed by atoms with E-state index in [-0.39, 0.29) is 17.8 Å². The summed E-state index contributed by atoms with van der Waals surface area (Å²) < 4.78 is 5.38. The van der Waals surface area contributed by atoms with E-state index in [1.807, 2.05) is 37.3 Å². The number of pyridine rings is 1. The quantitative estimate of drug-likeness (QED) is 0.482. The normalized spacial score (nSPS) is 11.8. The molecule has 2 N–H and O–H groups in total. The number of aromatic amines is 2. The predicted molar refractivity (Wildman–Crippen MR) is 112 cm³/mol. The number of H-pyrrole nitrogens is 2. The molecule has 7 heteroatoms. The van der Waals surface area contributed by atoms with Gasteiger partial charge in [-0.1, -0.05) is 18.2 Å². The zero-order chi connectivity index (χ0) is 22.0. The Hall–Kier alpha value is -3.66. The largest absolute Gasteiger partial charge is 0.454 e. The summed E-state index contributed by atoms with van der Waals surface area (Å²) in [5.41, 5.74) is 3.62. The third-order valence-electron chi connectivity index (χ3n) is 5.32. The summed E-state index contributed by atoms with van der Waals surface area (Å²) in [6.45, 7) is 6.79. The number of nitriles is 1. The molecule has 0 unspecified atom stereocenters. The average Bonchev–Trinajstić information content (AvgIpc) is 3.02. The van der Waals surface area contributed by atoms with Crippen molar-refractivity contribution in [2.75, 3.05) is 0 Å². The van der Waals surface area contributed by atoms with Crippen molar-refractivity contribution in [2.45, 2.75) is 46.6 Å². The fraction of sp³-hybridized carbons (Fsp3) is 0.304. The Balaban J connectivity index is 1.71. The monoisotopic (exact) mass is 405 g/mol. The first-order chi connectivity index (χ1) is 14.2. The van der Waals surface area contributed by atoms with E-state index < -0.39 is 17.6 Å². The lowest BCUT2D eigenvalue weighted by Crippen LogP contribution is -2.25. The van der Waals surface area contributed by atoms with Crippen molar-refractivity contribution in [1.29, 1.82) is 5.26 Å². The number of hydrogen-bond donors (Lipinski definition) is 2. The number of rotatable bonds is 6. The van der Waals surface area contributed by atoms with Gasteiger partial charge >= 0.3 is 5.97 Å². The van der Waals surface area contributed by atoms with Crippen molar-refractivity contribution in [2.24, 2.45) is 0 Å². The Morgan fingerprint density at radius 3 is 2.53 bits per heavy atom. The van der Waals surface area contributed by atoms with E-state index in [4.69, 9.17) is 10.00 Å². The third kappa shape index (κ3) is 3.90. The zero-order valence-electron chi connectivity index (χ0n) is 17.4. The molecule has 30 heavy (non-hydrogen) atoms. The van der Waals surface area contributed by atoms with Gasteiger partial charge in [-0.2, -0.15) is 5.26 Å². The maximum Gasteiger partial charge on any atom is 0.306 e. The van der Waals surface area contributed by atoms with E-state index in [1.165, 1.54) is 0 Å². The number of hydrogen-bond acceptors (Lipinski definition) is 5. The van der Waals surface area contributed by atoms with E-state index in [2.05, 4.69) is 9.97 Å². The van der Waals surface area contributed by atoms with Crippen LogP contribution in [0.5, 0.6) is 0 Å². The summed E-state index contributed by atoms with van der Waals surface area (Å²) in [5.74, 6) is -0.779. The smallest absolute Gasteiger partial charge is 0.306 e. The molecule has 0 aliphatic carbocycles. The number of benzene rings is 1. The number of aryl methyl sites for hydroxylation is 2. The number of nitrogens with zero attached hydrogens (tertiary/aromatic N) is 1. The predicted octanol–water partition coefficient (Wildman–Crippen LogP) is 3.40. The van der Waals surface area contributed by atoms with Crippen LogP contribution in [-0.2, 0) is 16.0 Å². The molecule has 1 aromatic carbocycles. The number of ketones is 1. The Labute approximate surface area is 173 Å². The van der Waals surface area contributed by atoms with Crippen LogP contribution in [0, 0.1) is 32.1 Å². The van der Waals surface area contributed by atoms with Gasteiger partial charge in [-0.15, -0.1) is 0 Å². The first-order valence-corrected chi connectivity index (χ1v) is 9.68. The standard InChI is InChI=1S/C23H23N3O4/c1-12-16(13(2)26-23(29)18(12)11-24)9-10-20(27)30-15(4)22(28)21-14(3)25-19-8-6-5-7-17(19)21/h5-8,15,25H,9-10H2,1-4H3,(H,26,29)/t15-/m0/s1. The molecule has 154 valence electrons. The van der Waals surface area contributed by atoms with Crippen molar-refractivity contribution < 1.29 is 14.3 Å². The number of esters is 1. The molecule has 0 bridgehead atoms. The summed E-state index contributed by atoms with van der Waals surface area (Å²) in [6, 6.07) is 9.38. The van der Waals surface area contributed by atoms with Crippen LogP contribution in [0.4, 0.5) is 0 Å². The van der Waals surface area contributed by atoms with Gasteiger partial charge < -0.3 is 14.7 Å². The van der Waals surface area contributed by atoms with Crippen LogP contribution in [0.3, 0.4) is 0 Å². The Morgan fingerprint density at radius 1 is 1.13 bits per heavy atom. The molecule has 2 heterocycles. The number of Topliss-reactive ketones (excluding diaryl/α,β-unsaturated/α-hetero) is 1. The number of aromatic nitrogens is 2. The molecule has 0 aliphatic heterocycles. The molecule has 0 saturated carbocycles. The zero-order valence-corrected chi connectivity index (χ0v) is 17.4. The fourth-order valence-corrected chi connectivity index (χ4v) is 3.75.